The van der Waals surface area contributed by atoms with E-state index in [2.05, 4.69) is 42.6 Å². The fourth-order valence-corrected chi connectivity index (χ4v) is 4.77. The summed E-state index contributed by atoms with van der Waals surface area (Å²) in [5.41, 5.74) is 1.92. The lowest BCUT2D eigenvalue weighted by molar-refractivity contribution is 0.0258. The lowest BCUT2D eigenvalue weighted by atomic mass is 9.93. The first-order valence-electron chi connectivity index (χ1n) is 13.3. The number of nitrogens with one attached hydrogen (secondary N) is 2. The van der Waals surface area contributed by atoms with Crippen LogP contribution in [0, 0.1) is 11.8 Å². The highest BCUT2D eigenvalue weighted by Gasteiger charge is 2.38. The van der Waals surface area contributed by atoms with Crippen molar-refractivity contribution in [2.24, 2.45) is 0 Å². The lowest BCUT2D eigenvalue weighted by Crippen LogP contribution is -2.39. The Hall–Kier alpha value is -4.40. The van der Waals surface area contributed by atoms with Crippen LogP contribution in [0.15, 0.2) is 53.3 Å². The summed E-state index contributed by atoms with van der Waals surface area (Å²) in [6, 6.07) is 11.2. The number of ether oxygens (including phenoxy) is 2. The molecule has 2 unspecified atom stereocenters. The highest BCUT2D eigenvalue weighted by Crippen LogP contribution is 2.27. The van der Waals surface area contributed by atoms with Gasteiger partial charge >= 0.3 is 6.03 Å². The third-order valence-corrected chi connectivity index (χ3v) is 6.91. The van der Waals surface area contributed by atoms with Crippen molar-refractivity contribution in [3.8, 4) is 17.6 Å². The van der Waals surface area contributed by atoms with Crippen molar-refractivity contribution in [1.82, 2.24) is 24.7 Å². The molecule has 2 N–H and O–H groups in total. The Morgan fingerprint density at radius 3 is 2.65 bits per heavy atom. The fraction of sp³-hybridized carbons (Fsp3) is 0.379. The minimum Gasteiger partial charge on any atom is -0.492 e. The number of benzene rings is 1. The smallest absolute Gasteiger partial charge is 0.326 e. The van der Waals surface area contributed by atoms with E-state index in [-0.39, 0.29) is 5.41 Å². The lowest BCUT2D eigenvalue weighted by Gasteiger charge is -2.26. The summed E-state index contributed by atoms with van der Waals surface area (Å²) in [5.74, 6) is 8.43. The van der Waals surface area contributed by atoms with Crippen LogP contribution in [0.25, 0.3) is 5.65 Å². The molecule has 3 aromatic heterocycles. The number of anilines is 2. The van der Waals surface area contributed by atoms with E-state index in [0.29, 0.717) is 47.4 Å². The summed E-state index contributed by atoms with van der Waals surface area (Å²) < 4.78 is 18.4. The highest BCUT2D eigenvalue weighted by molar-refractivity contribution is 5.98. The highest BCUT2D eigenvalue weighted by atomic mass is 16.5. The molecule has 11 nitrogen and oxygen atoms in total. The number of urea groups is 1. The van der Waals surface area contributed by atoms with Crippen LogP contribution < -0.4 is 15.4 Å². The number of aromatic nitrogens is 4. The van der Waals surface area contributed by atoms with Crippen molar-refractivity contribution in [2.45, 2.75) is 44.8 Å². The molecular weight excluding hydrogens is 510 g/mol. The molecule has 2 atom stereocenters. The van der Waals surface area contributed by atoms with Gasteiger partial charge in [-0.25, -0.2) is 14.3 Å². The van der Waals surface area contributed by atoms with Gasteiger partial charge in [0.25, 0.3) is 0 Å². The standard InChI is InChI=1S/C29H31N7O4/c1-29(2,3)24-13-26(34-40-24)32-28(37)31-25-14-27-30-15-20(16-36(27)33-25)5-4-19-6-8-22(9-7-19)38-11-10-35-17-23-12-21(35)18-39-23/h6-9,13-16,21,23H,10-12,17-18H2,1-3H3,(H2,31,32,33,34,37). The minimum absolute atomic E-state index is 0.210. The van der Waals surface area contributed by atoms with Crippen LogP contribution in [0.2, 0.25) is 0 Å². The zero-order valence-electron chi connectivity index (χ0n) is 22.7. The predicted octanol–water partition coefficient (Wildman–Crippen LogP) is 3.91. The van der Waals surface area contributed by atoms with Gasteiger partial charge in [-0.2, -0.15) is 0 Å². The molecule has 4 aromatic rings. The number of amides is 2. The summed E-state index contributed by atoms with van der Waals surface area (Å²) in [6.07, 6.45) is 4.99. The third kappa shape index (κ3) is 5.93. The number of hydrogen-bond donors (Lipinski definition) is 2. The van der Waals surface area contributed by atoms with Gasteiger partial charge in [0.1, 0.15) is 18.1 Å². The quantitative estimate of drug-likeness (QED) is 0.353. The monoisotopic (exact) mass is 541 g/mol. The number of carbonyl (C=O) groups is 1. The normalized spacial score (nSPS) is 18.5. The zero-order valence-corrected chi connectivity index (χ0v) is 22.7. The SMILES string of the molecule is CC(C)(C)c1cc(NC(=O)Nc2cc3ncc(C#Cc4ccc(OCCN5CC6CC5CO6)cc4)cn3n2)no1. The average molecular weight is 542 g/mol. The van der Waals surface area contributed by atoms with Crippen molar-refractivity contribution in [2.75, 3.05) is 36.9 Å². The van der Waals surface area contributed by atoms with Gasteiger partial charge < -0.3 is 14.0 Å². The molecule has 0 saturated carbocycles. The van der Waals surface area contributed by atoms with Crippen LogP contribution >= 0.6 is 0 Å². The second-order valence-electron chi connectivity index (χ2n) is 11.0. The molecule has 0 spiro atoms. The van der Waals surface area contributed by atoms with Gasteiger partial charge in [-0.15, -0.1) is 5.10 Å². The topological polar surface area (TPSA) is 119 Å². The Balaban J connectivity index is 1.02. The molecular formula is C29H31N7O4. The molecule has 40 heavy (non-hydrogen) atoms. The Kier molecular flexibility index (Phi) is 6.88. The number of morpholine rings is 1. The van der Waals surface area contributed by atoms with Gasteiger partial charge in [-0.05, 0) is 30.7 Å². The summed E-state index contributed by atoms with van der Waals surface area (Å²) >= 11 is 0. The van der Waals surface area contributed by atoms with Gasteiger partial charge in [0, 0.05) is 54.6 Å². The van der Waals surface area contributed by atoms with Crippen molar-refractivity contribution in [1.29, 1.82) is 0 Å². The Morgan fingerprint density at radius 1 is 1.12 bits per heavy atom. The molecule has 2 bridgehead atoms. The van der Waals surface area contributed by atoms with E-state index in [1.165, 1.54) is 0 Å². The maximum Gasteiger partial charge on any atom is 0.326 e. The van der Waals surface area contributed by atoms with Crippen molar-refractivity contribution in [3.05, 3.63) is 65.7 Å². The van der Waals surface area contributed by atoms with E-state index in [1.54, 1.807) is 29.0 Å². The van der Waals surface area contributed by atoms with Crippen molar-refractivity contribution >= 4 is 23.3 Å². The van der Waals surface area contributed by atoms with E-state index < -0.39 is 6.03 Å². The van der Waals surface area contributed by atoms with Crippen LogP contribution in [0.1, 0.15) is 44.1 Å². The molecule has 1 aromatic carbocycles. The molecule has 2 saturated heterocycles. The predicted molar refractivity (Wildman–Crippen MR) is 148 cm³/mol. The molecule has 0 radical (unpaired) electrons. The fourth-order valence-electron chi connectivity index (χ4n) is 4.77. The molecule has 11 heteroatoms. The number of nitrogens with zero attached hydrogens (tertiary/aromatic N) is 5. The van der Waals surface area contributed by atoms with Crippen LogP contribution in [-0.2, 0) is 10.2 Å². The van der Waals surface area contributed by atoms with Crippen molar-refractivity contribution in [3.63, 3.8) is 0 Å². The first-order valence-corrected chi connectivity index (χ1v) is 13.3. The number of rotatable bonds is 6. The van der Waals surface area contributed by atoms with Gasteiger partial charge in [0.15, 0.2) is 17.3 Å². The Morgan fingerprint density at radius 2 is 1.93 bits per heavy atom. The number of fused-ring (bicyclic) bond motifs is 3. The van der Waals surface area contributed by atoms with E-state index in [4.69, 9.17) is 14.0 Å². The summed E-state index contributed by atoms with van der Waals surface area (Å²) in [4.78, 5) is 19.3. The van der Waals surface area contributed by atoms with Crippen LogP contribution in [0.4, 0.5) is 16.4 Å². The number of carbonyl (C=O) groups excluding carboxylic acids is 1. The molecule has 0 aliphatic carbocycles. The number of hydrogen-bond acceptors (Lipinski definition) is 8. The van der Waals surface area contributed by atoms with E-state index >= 15 is 0 Å². The first kappa shape index (κ1) is 25.9. The summed E-state index contributed by atoms with van der Waals surface area (Å²) in [7, 11) is 0. The van der Waals surface area contributed by atoms with E-state index in [1.807, 2.05) is 45.0 Å². The van der Waals surface area contributed by atoms with Gasteiger partial charge in [-0.1, -0.05) is 37.8 Å². The molecule has 206 valence electrons. The summed E-state index contributed by atoms with van der Waals surface area (Å²) in [6.45, 7) is 9.43. The van der Waals surface area contributed by atoms with Gasteiger partial charge in [-0.3, -0.25) is 15.5 Å². The van der Waals surface area contributed by atoms with Crippen molar-refractivity contribution < 1.29 is 18.8 Å². The maximum absolute atomic E-state index is 12.4. The van der Waals surface area contributed by atoms with E-state index in [0.717, 1.165) is 37.4 Å². The third-order valence-electron chi connectivity index (χ3n) is 6.91. The zero-order chi connectivity index (χ0) is 27.7. The Labute approximate surface area is 231 Å². The molecule has 2 aliphatic heterocycles. The van der Waals surface area contributed by atoms with Gasteiger partial charge in [0.2, 0.25) is 0 Å². The second-order valence-corrected chi connectivity index (χ2v) is 11.0. The second kappa shape index (κ2) is 10.6. The molecule has 2 amide bonds. The molecule has 2 aliphatic rings. The largest absolute Gasteiger partial charge is 0.492 e. The first-order chi connectivity index (χ1) is 19.3. The van der Waals surface area contributed by atoms with Crippen LogP contribution in [-0.4, -0.2) is 69.1 Å². The number of likely N-dealkylation sites (tertiary alicyclic amines) is 1. The average Bonchev–Trinajstić information content (AvgIpc) is 3.72. The Bertz CT molecular complexity index is 1580. The molecule has 5 heterocycles. The van der Waals surface area contributed by atoms with Crippen LogP contribution in [0.3, 0.4) is 0 Å². The minimum atomic E-state index is -0.484. The maximum atomic E-state index is 12.4. The molecule has 6 rings (SSSR count). The van der Waals surface area contributed by atoms with E-state index in [9.17, 15) is 4.79 Å². The molecule has 2 fully saturated rings. The summed E-state index contributed by atoms with van der Waals surface area (Å²) in [5, 5.41) is 13.6. The van der Waals surface area contributed by atoms with Crippen LogP contribution in [0.5, 0.6) is 5.75 Å². The van der Waals surface area contributed by atoms with Gasteiger partial charge in [0.05, 0.1) is 18.3 Å².